The Bertz CT molecular complexity index is 321. The van der Waals surface area contributed by atoms with Gasteiger partial charge in [-0.25, -0.2) is 4.98 Å². The maximum absolute atomic E-state index is 8.58. The van der Waals surface area contributed by atoms with Gasteiger partial charge in [0.2, 0.25) is 0 Å². The second-order valence-corrected chi connectivity index (χ2v) is 2.23. The minimum absolute atomic E-state index is 0.0904. The first-order valence-corrected chi connectivity index (χ1v) is 3.40. The van der Waals surface area contributed by atoms with Gasteiger partial charge < -0.3 is 5.11 Å². The first-order valence-electron chi connectivity index (χ1n) is 3.40. The minimum Gasteiger partial charge on any atom is -0.396 e. The molecule has 2 aromatic heterocycles. The normalized spacial score (nSPS) is 11.0. The predicted octanol–water partition coefficient (Wildman–Crippen LogP) is -0.408. The Kier molecular flexibility index (Phi) is 1.36. The molecule has 0 atom stereocenters. The van der Waals surface area contributed by atoms with Gasteiger partial charge in [-0.1, -0.05) is 0 Å². The van der Waals surface area contributed by atoms with E-state index in [1.807, 2.05) is 6.07 Å². The molecule has 0 saturated carbocycles. The van der Waals surface area contributed by atoms with Crippen LogP contribution < -0.4 is 0 Å². The van der Waals surface area contributed by atoms with E-state index in [9.17, 15) is 0 Å². The van der Waals surface area contributed by atoms with Crippen LogP contribution in [0.1, 0.15) is 5.82 Å². The highest BCUT2D eigenvalue weighted by Gasteiger charge is 2.01. The van der Waals surface area contributed by atoms with Gasteiger partial charge in [0.05, 0.1) is 6.61 Å². The quantitative estimate of drug-likeness (QED) is 0.615. The lowest BCUT2D eigenvalue weighted by molar-refractivity contribution is 0.296. The summed E-state index contributed by atoms with van der Waals surface area (Å²) < 4.78 is 1.57. The van der Waals surface area contributed by atoms with Gasteiger partial charge in [0, 0.05) is 18.7 Å². The fourth-order valence-corrected chi connectivity index (χ4v) is 0.960. The van der Waals surface area contributed by atoms with Crippen molar-refractivity contribution >= 4 is 5.65 Å². The molecule has 0 radical (unpaired) electrons. The summed E-state index contributed by atoms with van der Waals surface area (Å²) in [6, 6.07) is 1.83. The van der Waals surface area contributed by atoms with Gasteiger partial charge in [-0.3, -0.25) is 5.10 Å². The molecular formula is C6H8N4O. The van der Waals surface area contributed by atoms with Crippen molar-refractivity contribution in [1.29, 1.82) is 0 Å². The van der Waals surface area contributed by atoms with Crippen molar-refractivity contribution in [3.8, 4) is 0 Å². The van der Waals surface area contributed by atoms with Crippen LogP contribution >= 0.6 is 0 Å². The van der Waals surface area contributed by atoms with Crippen molar-refractivity contribution < 1.29 is 5.11 Å². The van der Waals surface area contributed by atoms with Crippen LogP contribution in [0.5, 0.6) is 0 Å². The number of aromatic amines is 1. The molecule has 0 bridgehead atoms. The van der Waals surface area contributed by atoms with E-state index in [1.54, 1.807) is 10.8 Å². The third-order valence-electron chi connectivity index (χ3n) is 1.44. The predicted molar refractivity (Wildman–Crippen MR) is 38.1 cm³/mol. The van der Waals surface area contributed by atoms with Crippen molar-refractivity contribution in [1.82, 2.24) is 19.8 Å². The van der Waals surface area contributed by atoms with Gasteiger partial charge >= 0.3 is 0 Å². The van der Waals surface area contributed by atoms with Gasteiger partial charge in [0.1, 0.15) is 0 Å². The van der Waals surface area contributed by atoms with Crippen LogP contribution in [0.15, 0.2) is 12.3 Å². The number of aromatic nitrogens is 4. The zero-order valence-electron chi connectivity index (χ0n) is 5.86. The van der Waals surface area contributed by atoms with E-state index in [0.29, 0.717) is 12.2 Å². The van der Waals surface area contributed by atoms with Gasteiger partial charge in [-0.05, 0) is 0 Å². The number of aliphatic hydroxyl groups excluding tert-OH is 1. The number of aliphatic hydroxyl groups is 1. The first kappa shape index (κ1) is 6.36. The topological polar surface area (TPSA) is 66.2 Å². The molecule has 0 fully saturated rings. The molecule has 5 nitrogen and oxygen atoms in total. The molecule has 2 heterocycles. The molecule has 11 heavy (non-hydrogen) atoms. The summed E-state index contributed by atoms with van der Waals surface area (Å²) in [4.78, 5) is 4.12. The van der Waals surface area contributed by atoms with E-state index in [4.69, 9.17) is 5.11 Å². The maximum atomic E-state index is 8.58. The van der Waals surface area contributed by atoms with E-state index >= 15 is 0 Å². The monoisotopic (exact) mass is 152 g/mol. The van der Waals surface area contributed by atoms with Crippen LogP contribution in [-0.4, -0.2) is 31.5 Å². The molecule has 0 spiro atoms. The first-order chi connectivity index (χ1) is 5.40. The van der Waals surface area contributed by atoms with Crippen molar-refractivity contribution in [2.45, 2.75) is 6.42 Å². The molecule has 0 aromatic carbocycles. The molecular weight excluding hydrogens is 144 g/mol. The molecule has 0 aliphatic carbocycles. The van der Waals surface area contributed by atoms with E-state index in [-0.39, 0.29) is 6.61 Å². The number of fused-ring (bicyclic) bond motifs is 1. The molecule has 0 saturated heterocycles. The summed E-state index contributed by atoms with van der Waals surface area (Å²) in [5, 5.41) is 15.5. The zero-order valence-corrected chi connectivity index (χ0v) is 5.86. The molecule has 0 unspecified atom stereocenters. The van der Waals surface area contributed by atoms with Crippen molar-refractivity contribution in [2.75, 3.05) is 6.61 Å². The van der Waals surface area contributed by atoms with E-state index in [2.05, 4.69) is 15.2 Å². The lowest BCUT2D eigenvalue weighted by Crippen LogP contribution is -1.94. The molecule has 2 N–H and O–H groups in total. The molecule has 2 rings (SSSR count). The summed E-state index contributed by atoms with van der Waals surface area (Å²) in [7, 11) is 0. The molecule has 0 aliphatic heterocycles. The largest absolute Gasteiger partial charge is 0.396 e. The van der Waals surface area contributed by atoms with E-state index in [0.717, 1.165) is 5.65 Å². The summed E-state index contributed by atoms with van der Waals surface area (Å²) >= 11 is 0. The Labute approximate surface area is 62.7 Å². The van der Waals surface area contributed by atoms with Gasteiger partial charge in [-0.15, -0.1) is 5.10 Å². The minimum atomic E-state index is 0.0904. The van der Waals surface area contributed by atoms with Crippen molar-refractivity contribution in [2.24, 2.45) is 0 Å². The average Bonchev–Trinajstić information content (AvgIpc) is 2.46. The Morgan fingerprint density at radius 1 is 1.64 bits per heavy atom. The van der Waals surface area contributed by atoms with E-state index in [1.165, 1.54) is 0 Å². The second kappa shape index (κ2) is 2.35. The average molecular weight is 152 g/mol. The van der Waals surface area contributed by atoms with Crippen molar-refractivity contribution in [3.63, 3.8) is 0 Å². The van der Waals surface area contributed by atoms with Gasteiger partial charge in [-0.2, -0.15) is 4.63 Å². The van der Waals surface area contributed by atoms with Gasteiger partial charge in [0.15, 0.2) is 11.5 Å². The Balaban J connectivity index is 2.42. The third-order valence-corrected chi connectivity index (χ3v) is 1.44. The Morgan fingerprint density at radius 3 is 3.27 bits per heavy atom. The molecule has 5 heteroatoms. The highest BCUT2D eigenvalue weighted by molar-refractivity contribution is 5.34. The zero-order chi connectivity index (χ0) is 7.68. The van der Waals surface area contributed by atoms with Crippen LogP contribution in [0.25, 0.3) is 5.65 Å². The number of nitrogens with one attached hydrogen (secondary N) is 1. The lowest BCUT2D eigenvalue weighted by atomic mass is 10.4. The Hall–Kier alpha value is -1.36. The molecule has 58 valence electrons. The summed E-state index contributed by atoms with van der Waals surface area (Å²) in [6.07, 6.45) is 2.27. The standard InChI is InChI=1S/C6H8N4O/c11-4-2-5-8-6-1-3-7-10(6)9-5/h1,3,7,11H,2,4H2. The van der Waals surface area contributed by atoms with Crippen LogP contribution in [-0.2, 0) is 6.42 Å². The number of rotatable bonds is 2. The molecule has 0 aliphatic rings. The molecule has 2 aromatic rings. The van der Waals surface area contributed by atoms with Crippen LogP contribution in [0.3, 0.4) is 0 Å². The maximum Gasteiger partial charge on any atom is 0.175 e. The lowest BCUT2D eigenvalue weighted by Gasteiger charge is -1.84. The number of hydrogen-bond donors (Lipinski definition) is 2. The number of hydrogen-bond acceptors (Lipinski definition) is 3. The summed E-state index contributed by atoms with van der Waals surface area (Å²) in [6.45, 7) is 0.0904. The van der Waals surface area contributed by atoms with Gasteiger partial charge in [0.25, 0.3) is 0 Å². The second-order valence-electron chi connectivity index (χ2n) is 2.23. The van der Waals surface area contributed by atoms with Crippen LogP contribution in [0, 0.1) is 0 Å². The molecule has 0 amide bonds. The SMILES string of the molecule is OCCc1nc2cc[nH]n2n1. The highest BCUT2D eigenvalue weighted by atomic mass is 16.3. The number of H-pyrrole nitrogens is 1. The van der Waals surface area contributed by atoms with E-state index < -0.39 is 0 Å². The fourth-order valence-electron chi connectivity index (χ4n) is 0.960. The van der Waals surface area contributed by atoms with Crippen LogP contribution in [0.4, 0.5) is 0 Å². The van der Waals surface area contributed by atoms with Crippen LogP contribution in [0.2, 0.25) is 0 Å². The summed E-state index contributed by atoms with van der Waals surface area (Å²) in [5.41, 5.74) is 0.786. The summed E-state index contributed by atoms with van der Waals surface area (Å²) in [5.74, 6) is 0.666. The number of nitrogens with zero attached hydrogens (tertiary/aromatic N) is 3. The smallest absolute Gasteiger partial charge is 0.175 e. The van der Waals surface area contributed by atoms with Crippen molar-refractivity contribution in [3.05, 3.63) is 18.1 Å². The highest BCUT2D eigenvalue weighted by Crippen LogP contribution is 1.98. The Morgan fingerprint density at radius 2 is 2.55 bits per heavy atom. The third kappa shape index (κ3) is 0.988. The fraction of sp³-hybridized carbons (Fsp3) is 0.333.